The van der Waals surface area contributed by atoms with Crippen molar-refractivity contribution in [3.05, 3.63) is 88.1 Å². The highest BCUT2D eigenvalue weighted by atomic mass is 32.1. The molecule has 3 aromatic rings. The van der Waals surface area contributed by atoms with Gasteiger partial charge in [0.15, 0.2) is 0 Å². The van der Waals surface area contributed by atoms with E-state index in [0.29, 0.717) is 30.9 Å². The maximum atomic E-state index is 13.4. The Balaban J connectivity index is 1.77. The van der Waals surface area contributed by atoms with Crippen LogP contribution in [0.4, 0.5) is 0 Å². The SMILES string of the molecule is CCCCN(CC(=O)N(Cc1ccccc1)Cc1cccs1)C(=O)c1ccc(OC)cc1. The number of hydrogen-bond donors (Lipinski definition) is 0. The van der Waals surface area contributed by atoms with Crippen LogP contribution in [-0.4, -0.2) is 41.8 Å². The Morgan fingerprint density at radius 2 is 1.66 bits per heavy atom. The van der Waals surface area contributed by atoms with Gasteiger partial charge in [0, 0.05) is 23.5 Å². The summed E-state index contributed by atoms with van der Waals surface area (Å²) in [6.07, 6.45) is 1.79. The second kappa shape index (κ2) is 12.1. The smallest absolute Gasteiger partial charge is 0.254 e. The summed E-state index contributed by atoms with van der Waals surface area (Å²) >= 11 is 1.63. The van der Waals surface area contributed by atoms with Crippen LogP contribution in [-0.2, 0) is 17.9 Å². The van der Waals surface area contributed by atoms with Gasteiger partial charge in [0.25, 0.3) is 5.91 Å². The monoisotopic (exact) mass is 450 g/mol. The summed E-state index contributed by atoms with van der Waals surface area (Å²) < 4.78 is 5.19. The number of nitrogens with zero attached hydrogens (tertiary/aromatic N) is 2. The van der Waals surface area contributed by atoms with E-state index >= 15 is 0 Å². The molecule has 0 aliphatic rings. The number of benzene rings is 2. The van der Waals surface area contributed by atoms with Crippen LogP contribution < -0.4 is 4.74 Å². The molecule has 0 radical (unpaired) electrons. The fourth-order valence-electron chi connectivity index (χ4n) is 3.41. The van der Waals surface area contributed by atoms with Crippen LogP contribution in [0.15, 0.2) is 72.1 Å². The van der Waals surface area contributed by atoms with Crippen molar-refractivity contribution in [3.8, 4) is 5.75 Å². The van der Waals surface area contributed by atoms with Crippen LogP contribution in [0.2, 0.25) is 0 Å². The van der Waals surface area contributed by atoms with E-state index in [9.17, 15) is 9.59 Å². The summed E-state index contributed by atoms with van der Waals surface area (Å²) in [5.41, 5.74) is 1.63. The lowest BCUT2D eigenvalue weighted by molar-refractivity contribution is -0.133. The zero-order chi connectivity index (χ0) is 22.8. The molecule has 0 bridgehead atoms. The molecule has 0 fully saturated rings. The fraction of sp³-hybridized carbons (Fsp3) is 0.308. The van der Waals surface area contributed by atoms with E-state index in [-0.39, 0.29) is 18.4 Å². The molecule has 0 saturated carbocycles. The molecule has 0 saturated heterocycles. The third kappa shape index (κ3) is 6.69. The molecule has 1 heterocycles. The van der Waals surface area contributed by atoms with Gasteiger partial charge in [0.05, 0.1) is 13.7 Å². The van der Waals surface area contributed by atoms with Gasteiger partial charge in [-0.2, -0.15) is 0 Å². The van der Waals surface area contributed by atoms with Gasteiger partial charge in [-0.3, -0.25) is 9.59 Å². The minimum atomic E-state index is -0.134. The molecule has 0 aliphatic carbocycles. The normalized spacial score (nSPS) is 10.6. The first-order valence-electron chi connectivity index (χ1n) is 10.9. The predicted molar refractivity (Wildman–Crippen MR) is 129 cm³/mol. The van der Waals surface area contributed by atoms with Crippen LogP contribution in [0.1, 0.15) is 40.6 Å². The number of hydrogen-bond acceptors (Lipinski definition) is 4. The predicted octanol–water partition coefficient (Wildman–Crippen LogP) is 5.23. The Kier molecular flexibility index (Phi) is 8.87. The van der Waals surface area contributed by atoms with E-state index in [1.165, 1.54) is 0 Å². The van der Waals surface area contributed by atoms with Crippen molar-refractivity contribution in [2.24, 2.45) is 0 Å². The molecular formula is C26H30N2O3S. The lowest BCUT2D eigenvalue weighted by Gasteiger charge is -2.28. The minimum Gasteiger partial charge on any atom is -0.497 e. The van der Waals surface area contributed by atoms with Gasteiger partial charge < -0.3 is 14.5 Å². The van der Waals surface area contributed by atoms with E-state index in [4.69, 9.17) is 4.74 Å². The first kappa shape index (κ1) is 23.5. The molecule has 0 aliphatic heterocycles. The van der Waals surface area contributed by atoms with Crippen molar-refractivity contribution in [1.29, 1.82) is 0 Å². The van der Waals surface area contributed by atoms with E-state index in [0.717, 1.165) is 23.3 Å². The van der Waals surface area contributed by atoms with E-state index in [1.54, 1.807) is 47.6 Å². The summed E-state index contributed by atoms with van der Waals surface area (Å²) in [5, 5.41) is 2.02. The second-order valence-electron chi connectivity index (χ2n) is 7.62. The highest BCUT2D eigenvalue weighted by Crippen LogP contribution is 2.17. The molecule has 0 unspecified atom stereocenters. The van der Waals surface area contributed by atoms with Gasteiger partial charge in [-0.25, -0.2) is 0 Å². The highest BCUT2D eigenvalue weighted by molar-refractivity contribution is 7.09. The summed E-state index contributed by atoms with van der Waals surface area (Å²) in [5.74, 6) is 0.508. The summed E-state index contributed by atoms with van der Waals surface area (Å²) in [6, 6.07) is 21.0. The van der Waals surface area contributed by atoms with Gasteiger partial charge in [-0.05, 0) is 47.7 Å². The number of unbranched alkanes of at least 4 members (excludes halogenated alkanes) is 1. The second-order valence-corrected chi connectivity index (χ2v) is 8.66. The average molecular weight is 451 g/mol. The zero-order valence-electron chi connectivity index (χ0n) is 18.7. The van der Waals surface area contributed by atoms with Gasteiger partial charge in [-0.15, -0.1) is 11.3 Å². The number of thiophene rings is 1. The molecule has 168 valence electrons. The maximum absolute atomic E-state index is 13.4. The van der Waals surface area contributed by atoms with E-state index < -0.39 is 0 Å². The lowest BCUT2D eigenvalue weighted by atomic mass is 10.1. The largest absolute Gasteiger partial charge is 0.497 e. The summed E-state index contributed by atoms with van der Waals surface area (Å²) in [4.78, 5) is 31.2. The zero-order valence-corrected chi connectivity index (χ0v) is 19.5. The molecular weight excluding hydrogens is 420 g/mol. The first-order chi connectivity index (χ1) is 15.6. The Bertz CT molecular complexity index is 972. The Morgan fingerprint density at radius 3 is 2.28 bits per heavy atom. The Hall–Kier alpha value is -3.12. The summed E-state index contributed by atoms with van der Waals surface area (Å²) in [6.45, 7) is 3.73. The van der Waals surface area contributed by atoms with Crippen molar-refractivity contribution in [2.45, 2.75) is 32.9 Å². The molecule has 0 spiro atoms. The van der Waals surface area contributed by atoms with Crippen molar-refractivity contribution < 1.29 is 14.3 Å². The molecule has 6 heteroatoms. The molecule has 0 N–H and O–H groups in total. The summed E-state index contributed by atoms with van der Waals surface area (Å²) in [7, 11) is 1.60. The van der Waals surface area contributed by atoms with E-state index in [2.05, 4.69) is 6.92 Å². The third-order valence-corrected chi connectivity index (χ3v) is 6.09. The van der Waals surface area contributed by atoms with Gasteiger partial charge >= 0.3 is 0 Å². The van der Waals surface area contributed by atoms with Gasteiger partial charge in [-0.1, -0.05) is 49.7 Å². The Morgan fingerprint density at radius 1 is 0.906 bits per heavy atom. The lowest BCUT2D eigenvalue weighted by Crippen LogP contribution is -2.42. The van der Waals surface area contributed by atoms with Crippen LogP contribution >= 0.6 is 11.3 Å². The molecule has 2 aromatic carbocycles. The maximum Gasteiger partial charge on any atom is 0.254 e. The third-order valence-electron chi connectivity index (χ3n) is 5.23. The number of amides is 2. The first-order valence-corrected chi connectivity index (χ1v) is 11.8. The van der Waals surface area contributed by atoms with Crippen molar-refractivity contribution in [3.63, 3.8) is 0 Å². The molecule has 32 heavy (non-hydrogen) atoms. The quantitative estimate of drug-likeness (QED) is 0.402. The number of ether oxygens (including phenoxy) is 1. The number of carbonyl (C=O) groups excluding carboxylic acids is 2. The van der Waals surface area contributed by atoms with Crippen LogP contribution in [0.5, 0.6) is 5.75 Å². The molecule has 1 aromatic heterocycles. The van der Waals surface area contributed by atoms with Crippen LogP contribution in [0, 0.1) is 0 Å². The fourth-order valence-corrected chi connectivity index (χ4v) is 4.13. The van der Waals surface area contributed by atoms with Crippen LogP contribution in [0.25, 0.3) is 0 Å². The molecule has 2 amide bonds. The van der Waals surface area contributed by atoms with Crippen molar-refractivity contribution in [2.75, 3.05) is 20.2 Å². The van der Waals surface area contributed by atoms with E-state index in [1.807, 2.05) is 52.7 Å². The minimum absolute atomic E-state index is 0.0554. The molecule has 5 nitrogen and oxygen atoms in total. The number of rotatable bonds is 11. The van der Waals surface area contributed by atoms with Gasteiger partial charge in [0.2, 0.25) is 5.91 Å². The van der Waals surface area contributed by atoms with Crippen molar-refractivity contribution >= 4 is 23.2 Å². The average Bonchev–Trinajstić information content (AvgIpc) is 3.34. The molecule has 3 rings (SSSR count). The molecule has 0 atom stereocenters. The standard InChI is InChI=1S/C26H30N2O3S/c1-3-4-16-27(26(30)22-12-14-23(31-2)15-13-22)20-25(29)28(19-24-11-8-17-32-24)18-21-9-6-5-7-10-21/h5-15,17H,3-4,16,18-20H2,1-2H3. The highest BCUT2D eigenvalue weighted by Gasteiger charge is 2.23. The van der Waals surface area contributed by atoms with Crippen molar-refractivity contribution in [1.82, 2.24) is 9.80 Å². The Labute approximate surface area is 194 Å². The number of methoxy groups -OCH3 is 1. The van der Waals surface area contributed by atoms with Crippen LogP contribution in [0.3, 0.4) is 0 Å². The van der Waals surface area contributed by atoms with Gasteiger partial charge in [0.1, 0.15) is 12.3 Å². The number of carbonyl (C=O) groups is 2. The topological polar surface area (TPSA) is 49.9 Å².